The number of nitrogens with one attached hydrogen (secondary N) is 1. The lowest BCUT2D eigenvalue weighted by atomic mass is 9.94. The Morgan fingerprint density at radius 1 is 1.21 bits per heavy atom. The van der Waals surface area contributed by atoms with E-state index in [4.69, 9.17) is 38.0 Å². The number of nitrogens with zero attached hydrogens (tertiary/aromatic N) is 1. The fourth-order valence-electron chi connectivity index (χ4n) is 3.54. The molecule has 0 bridgehead atoms. The van der Waals surface area contributed by atoms with Gasteiger partial charge in [0.1, 0.15) is 13.2 Å². The number of allylic oxidation sites excluding steroid dienone is 1. The van der Waals surface area contributed by atoms with Crippen molar-refractivity contribution in [2.45, 2.75) is 13.0 Å². The lowest BCUT2D eigenvalue weighted by Gasteiger charge is -2.38. The first-order chi connectivity index (χ1) is 14.0. The summed E-state index contributed by atoms with van der Waals surface area (Å²) in [4.78, 5) is 14.5. The number of hydrogen-bond acceptors (Lipinski definition) is 5. The molecular formula is C21H19ClN2O4S. The molecule has 0 unspecified atom stereocenters. The second-order valence-electron chi connectivity index (χ2n) is 6.56. The number of rotatable bonds is 3. The van der Waals surface area contributed by atoms with Gasteiger partial charge < -0.3 is 19.5 Å². The number of esters is 1. The number of fused-ring (bicyclic) bond motifs is 1. The molecule has 0 spiro atoms. The van der Waals surface area contributed by atoms with Crippen molar-refractivity contribution in [3.8, 4) is 11.5 Å². The zero-order valence-electron chi connectivity index (χ0n) is 15.9. The number of hydrogen-bond donors (Lipinski definition) is 1. The second kappa shape index (κ2) is 7.93. The van der Waals surface area contributed by atoms with Crippen molar-refractivity contribution < 1.29 is 19.0 Å². The predicted octanol–water partition coefficient (Wildman–Crippen LogP) is 3.99. The highest BCUT2D eigenvalue weighted by atomic mass is 35.5. The molecule has 2 aliphatic rings. The van der Waals surface area contributed by atoms with Gasteiger partial charge in [-0.25, -0.2) is 4.79 Å². The Balaban J connectivity index is 1.82. The summed E-state index contributed by atoms with van der Waals surface area (Å²) < 4.78 is 16.3. The zero-order valence-corrected chi connectivity index (χ0v) is 17.5. The second-order valence-corrected chi connectivity index (χ2v) is 7.35. The normalized spacial score (nSPS) is 18.4. The van der Waals surface area contributed by atoms with Gasteiger partial charge in [0.05, 0.1) is 24.4 Å². The number of anilines is 1. The van der Waals surface area contributed by atoms with Gasteiger partial charge in [0.2, 0.25) is 0 Å². The van der Waals surface area contributed by atoms with Crippen LogP contribution in [0.1, 0.15) is 18.5 Å². The molecule has 0 aromatic heterocycles. The third-order valence-corrected chi connectivity index (χ3v) is 5.53. The first kappa shape index (κ1) is 19.5. The number of thiocarbonyl (C=S) groups is 1. The molecule has 8 heteroatoms. The molecule has 0 saturated carbocycles. The van der Waals surface area contributed by atoms with Crippen molar-refractivity contribution in [2.75, 3.05) is 25.2 Å². The van der Waals surface area contributed by atoms with Crippen LogP contribution in [0.4, 0.5) is 5.69 Å². The SMILES string of the molecule is COC(=O)C1=C(C)N(c2ccc3c(c2)OCCO3)C(=S)N[C@@H]1c1ccccc1Cl. The van der Waals surface area contributed by atoms with Gasteiger partial charge in [-0.2, -0.15) is 0 Å². The van der Waals surface area contributed by atoms with Gasteiger partial charge in [-0.1, -0.05) is 29.8 Å². The average molecular weight is 431 g/mol. The standard InChI is InChI=1S/C21H19ClN2O4S/c1-12-18(20(25)26-2)19(14-5-3-4-6-15(14)22)23-21(29)24(12)13-7-8-16-17(11-13)28-10-9-27-16/h3-8,11,19H,9-10H2,1-2H3,(H,23,29)/t19-/m1/s1. The highest BCUT2D eigenvalue weighted by molar-refractivity contribution is 7.80. The molecule has 150 valence electrons. The maximum absolute atomic E-state index is 12.7. The summed E-state index contributed by atoms with van der Waals surface area (Å²) in [6.07, 6.45) is 0. The van der Waals surface area contributed by atoms with Gasteiger partial charge in [-0.15, -0.1) is 0 Å². The van der Waals surface area contributed by atoms with Crippen molar-refractivity contribution in [1.82, 2.24) is 5.32 Å². The molecule has 0 aliphatic carbocycles. The highest BCUT2D eigenvalue weighted by Crippen LogP contribution is 2.39. The van der Waals surface area contributed by atoms with Crippen LogP contribution in [0.2, 0.25) is 5.02 Å². The lowest BCUT2D eigenvalue weighted by molar-refractivity contribution is -0.136. The summed E-state index contributed by atoms with van der Waals surface area (Å²) in [5.74, 6) is 0.863. The molecule has 0 fully saturated rings. The van der Waals surface area contributed by atoms with E-state index in [1.165, 1.54) is 7.11 Å². The quantitative estimate of drug-likeness (QED) is 0.583. The first-order valence-corrected chi connectivity index (χ1v) is 9.83. The number of carbonyl (C=O) groups is 1. The minimum absolute atomic E-state index is 0.434. The maximum atomic E-state index is 12.7. The van der Waals surface area contributed by atoms with Crippen LogP contribution in [0.15, 0.2) is 53.7 Å². The van der Waals surface area contributed by atoms with Crippen molar-refractivity contribution in [2.24, 2.45) is 0 Å². The minimum atomic E-state index is -0.517. The molecule has 2 aliphatic heterocycles. The number of ether oxygens (including phenoxy) is 3. The van der Waals surface area contributed by atoms with Crippen molar-refractivity contribution >= 4 is 40.6 Å². The Bertz CT molecular complexity index is 1020. The number of methoxy groups -OCH3 is 1. The number of carbonyl (C=O) groups excluding carboxylic acids is 1. The molecule has 0 saturated heterocycles. The monoisotopic (exact) mass is 430 g/mol. The van der Waals surface area contributed by atoms with Crippen LogP contribution in [0.5, 0.6) is 11.5 Å². The summed E-state index contributed by atoms with van der Waals surface area (Å²) >= 11 is 12.0. The molecule has 0 amide bonds. The zero-order chi connectivity index (χ0) is 20.5. The molecule has 2 heterocycles. The highest BCUT2D eigenvalue weighted by Gasteiger charge is 2.36. The van der Waals surface area contributed by atoms with Gasteiger partial charge in [0.25, 0.3) is 0 Å². The summed E-state index contributed by atoms with van der Waals surface area (Å²) in [6.45, 7) is 2.83. The van der Waals surface area contributed by atoms with E-state index in [2.05, 4.69) is 5.32 Å². The van der Waals surface area contributed by atoms with Crippen molar-refractivity contribution in [3.63, 3.8) is 0 Å². The third kappa shape index (κ3) is 3.52. The Morgan fingerprint density at radius 3 is 2.66 bits per heavy atom. The summed E-state index contributed by atoms with van der Waals surface area (Å²) in [5.41, 5.74) is 2.59. The van der Waals surface area contributed by atoms with Crippen LogP contribution in [-0.2, 0) is 9.53 Å². The van der Waals surface area contributed by atoms with E-state index in [1.807, 2.05) is 43.3 Å². The van der Waals surface area contributed by atoms with E-state index in [-0.39, 0.29) is 0 Å². The van der Waals surface area contributed by atoms with Crippen LogP contribution in [0.25, 0.3) is 0 Å². The predicted molar refractivity (Wildman–Crippen MR) is 115 cm³/mol. The number of halogens is 1. The van der Waals surface area contributed by atoms with E-state index >= 15 is 0 Å². The Kier molecular flexibility index (Phi) is 5.34. The molecule has 29 heavy (non-hydrogen) atoms. The van der Waals surface area contributed by atoms with E-state index in [9.17, 15) is 4.79 Å². The van der Waals surface area contributed by atoms with Gasteiger partial charge in [-0.05, 0) is 42.9 Å². The van der Waals surface area contributed by atoms with Crippen LogP contribution in [-0.4, -0.2) is 31.4 Å². The van der Waals surface area contributed by atoms with E-state index in [1.54, 1.807) is 11.0 Å². The Labute approximate surface area is 179 Å². The summed E-state index contributed by atoms with van der Waals surface area (Å²) in [7, 11) is 1.35. The fourth-order valence-corrected chi connectivity index (χ4v) is 4.15. The minimum Gasteiger partial charge on any atom is -0.486 e. The molecule has 2 aromatic rings. The molecule has 4 rings (SSSR count). The number of benzene rings is 2. The molecule has 1 N–H and O–H groups in total. The van der Waals surface area contributed by atoms with E-state index in [0.29, 0.717) is 46.1 Å². The Hall–Kier alpha value is -2.77. The van der Waals surface area contributed by atoms with Crippen LogP contribution in [0, 0.1) is 0 Å². The van der Waals surface area contributed by atoms with E-state index < -0.39 is 12.0 Å². The fraction of sp³-hybridized carbons (Fsp3) is 0.238. The largest absolute Gasteiger partial charge is 0.486 e. The van der Waals surface area contributed by atoms with Gasteiger partial charge in [0.15, 0.2) is 16.6 Å². The molecule has 6 nitrogen and oxygen atoms in total. The topological polar surface area (TPSA) is 60.0 Å². The summed E-state index contributed by atoms with van der Waals surface area (Å²) in [5, 5.41) is 4.22. The molecule has 1 atom stereocenters. The van der Waals surface area contributed by atoms with E-state index in [0.717, 1.165) is 11.3 Å². The lowest BCUT2D eigenvalue weighted by Crippen LogP contribution is -2.48. The molecule has 0 radical (unpaired) electrons. The molecule has 2 aromatic carbocycles. The average Bonchev–Trinajstić information content (AvgIpc) is 2.73. The Morgan fingerprint density at radius 2 is 1.93 bits per heavy atom. The van der Waals surface area contributed by atoms with Gasteiger partial charge >= 0.3 is 5.97 Å². The smallest absolute Gasteiger partial charge is 0.337 e. The van der Waals surface area contributed by atoms with Crippen molar-refractivity contribution in [1.29, 1.82) is 0 Å². The summed E-state index contributed by atoms with van der Waals surface area (Å²) in [6, 6.07) is 12.4. The van der Waals surface area contributed by atoms with Crippen LogP contribution in [0.3, 0.4) is 0 Å². The first-order valence-electron chi connectivity index (χ1n) is 9.05. The van der Waals surface area contributed by atoms with Crippen LogP contribution < -0.4 is 19.7 Å². The molecular weight excluding hydrogens is 412 g/mol. The van der Waals surface area contributed by atoms with Gasteiger partial charge in [0, 0.05) is 16.8 Å². The third-order valence-electron chi connectivity index (χ3n) is 4.89. The maximum Gasteiger partial charge on any atom is 0.337 e. The van der Waals surface area contributed by atoms with Crippen molar-refractivity contribution in [3.05, 3.63) is 64.3 Å². The van der Waals surface area contributed by atoms with Crippen LogP contribution >= 0.6 is 23.8 Å². The van der Waals surface area contributed by atoms with Gasteiger partial charge in [-0.3, -0.25) is 4.90 Å².